The van der Waals surface area contributed by atoms with Gasteiger partial charge in [0.1, 0.15) is 24.2 Å². The van der Waals surface area contributed by atoms with Crippen molar-refractivity contribution < 1.29 is 28.5 Å². The van der Waals surface area contributed by atoms with Crippen LogP contribution in [0.3, 0.4) is 0 Å². The van der Waals surface area contributed by atoms with E-state index in [2.05, 4.69) is 5.32 Å². The maximum Gasteiger partial charge on any atom is 0.259 e. The zero-order valence-electron chi connectivity index (χ0n) is 22.8. The summed E-state index contributed by atoms with van der Waals surface area (Å²) in [5.41, 5.74) is 2.62. The van der Waals surface area contributed by atoms with E-state index in [-0.39, 0.29) is 24.5 Å². The first-order chi connectivity index (χ1) is 20.1. The standard InChI is InChI=1S/C33H30N2O6/c1-38-23-15-11-21(12-16-23)31-30(32(36)34-19-25-20-40-28-9-5-6-10-29(28)41-25)26-7-3-4-8-27(26)33(37)35(31)22-13-17-24(39-2)18-14-22/h3-18,25,30-31H,19-20H2,1-2H3,(H,34,36). The van der Waals surface area contributed by atoms with Crippen molar-refractivity contribution in [2.75, 3.05) is 32.3 Å². The molecule has 2 aliphatic heterocycles. The van der Waals surface area contributed by atoms with Gasteiger partial charge >= 0.3 is 0 Å². The monoisotopic (exact) mass is 550 g/mol. The minimum Gasteiger partial charge on any atom is -0.497 e. The number of nitrogens with one attached hydrogen (secondary N) is 1. The molecule has 3 atom stereocenters. The number of carbonyl (C=O) groups excluding carboxylic acids is 2. The van der Waals surface area contributed by atoms with Crippen molar-refractivity contribution in [2.45, 2.75) is 18.1 Å². The van der Waals surface area contributed by atoms with Gasteiger partial charge in [0.2, 0.25) is 5.91 Å². The molecule has 0 spiro atoms. The van der Waals surface area contributed by atoms with E-state index < -0.39 is 12.0 Å². The third-order valence-electron chi connectivity index (χ3n) is 7.50. The maximum absolute atomic E-state index is 14.1. The quantitative estimate of drug-likeness (QED) is 0.343. The summed E-state index contributed by atoms with van der Waals surface area (Å²) in [7, 11) is 3.20. The predicted octanol–water partition coefficient (Wildman–Crippen LogP) is 5.15. The van der Waals surface area contributed by atoms with Crippen LogP contribution in [-0.2, 0) is 4.79 Å². The number of ether oxygens (including phenoxy) is 4. The summed E-state index contributed by atoms with van der Waals surface area (Å²) in [5, 5.41) is 3.09. The van der Waals surface area contributed by atoms with Crippen molar-refractivity contribution in [1.82, 2.24) is 5.32 Å². The van der Waals surface area contributed by atoms with Gasteiger partial charge in [0.15, 0.2) is 11.5 Å². The molecule has 41 heavy (non-hydrogen) atoms. The molecule has 3 unspecified atom stereocenters. The van der Waals surface area contributed by atoms with E-state index >= 15 is 0 Å². The topological polar surface area (TPSA) is 86.3 Å². The Hall–Kier alpha value is -4.98. The molecule has 0 radical (unpaired) electrons. The molecule has 1 N–H and O–H groups in total. The Labute approximate surface area is 238 Å². The van der Waals surface area contributed by atoms with E-state index in [1.165, 1.54) is 0 Å². The molecule has 4 aromatic rings. The minimum atomic E-state index is -0.698. The van der Waals surface area contributed by atoms with Crippen LogP contribution in [0, 0.1) is 0 Å². The second-order valence-electron chi connectivity index (χ2n) is 9.90. The Kier molecular flexibility index (Phi) is 7.20. The first kappa shape index (κ1) is 26.3. The van der Waals surface area contributed by atoms with Gasteiger partial charge in [0.05, 0.1) is 32.7 Å². The van der Waals surface area contributed by atoms with Crippen molar-refractivity contribution in [3.8, 4) is 23.0 Å². The van der Waals surface area contributed by atoms with E-state index in [1.54, 1.807) is 25.2 Å². The lowest BCUT2D eigenvalue weighted by molar-refractivity contribution is -0.123. The van der Waals surface area contributed by atoms with E-state index in [1.807, 2.05) is 91.0 Å². The summed E-state index contributed by atoms with van der Waals surface area (Å²) < 4.78 is 22.6. The number of rotatable bonds is 7. The largest absolute Gasteiger partial charge is 0.497 e. The molecule has 8 heteroatoms. The van der Waals surface area contributed by atoms with Crippen molar-refractivity contribution in [1.29, 1.82) is 0 Å². The van der Waals surface area contributed by atoms with Crippen molar-refractivity contribution in [3.05, 3.63) is 114 Å². The van der Waals surface area contributed by atoms with Crippen molar-refractivity contribution in [2.24, 2.45) is 0 Å². The molecular weight excluding hydrogens is 520 g/mol. The number of amides is 2. The van der Waals surface area contributed by atoms with Gasteiger partial charge in [-0.15, -0.1) is 0 Å². The Morgan fingerprint density at radius 1 is 0.854 bits per heavy atom. The molecule has 2 heterocycles. The van der Waals surface area contributed by atoms with Crippen LogP contribution in [0.5, 0.6) is 23.0 Å². The zero-order chi connectivity index (χ0) is 28.3. The molecule has 0 bridgehead atoms. The van der Waals surface area contributed by atoms with Gasteiger partial charge in [-0.05, 0) is 65.7 Å². The number of fused-ring (bicyclic) bond motifs is 2. The molecule has 2 aliphatic rings. The van der Waals surface area contributed by atoms with Crippen LogP contribution in [0.2, 0.25) is 0 Å². The van der Waals surface area contributed by atoms with Gasteiger partial charge in [-0.2, -0.15) is 0 Å². The third kappa shape index (κ3) is 5.04. The molecule has 0 aliphatic carbocycles. The van der Waals surface area contributed by atoms with Gasteiger partial charge in [0.25, 0.3) is 5.91 Å². The first-order valence-electron chi connectivity index (χ1n) is 13.4. The molecular formula is C33H30N2O6. The fourth-order valence-corrected chi connectivity index (χ4v) is 5.47. The number of anilines is 1. The van der Waals surface area contributed by atoms with Crippen LogP contribution >= 0.6 is 0 Å². The van der Waals surface area contributed by atoms with Crippen LogP contribution in [-0.4, -0.2) is 45.3 Å². The molecule has 6 rings (SSSR count). The highest BCUT2D eigenvalue weighted by atomic mass is 16.6. The number of benzene rings is 4. The fourth-order valence-electron chi connectivity index (χ4n) is 5.47. The normalized spacial score (nSPS) is 19.2. The Morgan fingerprint density at radius 3 is 2.20 bits per heavy atom. The number of para-hydroxylation sites is 2. The molecule has 8 nitrogen and oxygen atoms in total. The smallest absolute Gasteiger partial charge is 0.259 e. The van der Waals surface area contributed by atoms with Crippen molar-refractivity contribution >= 4 is 17.5 Å². The minimum absolute atomic E-state index is 0.184. The van der Waals surface area contributed by atoms with Crippen LogP contribution in [0.1, 0.15) is 33.4 Å². The highest BCUT2D eigenvalue weighted by Gasteiger charge is 2.45. The lowest BCUT2D eigenvalue weighted by Gasteiger charge is -2.42. The second-order valence-corrected chi connectivity index (χ2v) is 9.90. The molecule has 4 aromatic carbocycles. The summed E-state index contributed by atoms with van der Waals surface area (Å²) in [6.07, 6.45) is -0.355. The average Bonchev–Trinajstić information content (AvgIpc) is 3.03. The summed E-state index contributed by atoms with van der Waals surface area (Å²) in [6.45, 7) is 0.564. The average molecular weight is 551 g/mol. The maximum atomic E-state index is 14.1. The number of hydrogen-bond donors (Lipinski definition) is 1. The van der Waals surface area contributed by atoms with Crippen LogP contribution in [0.4, 0.5) is 5.69 Å². The Bertz CT molecular complexity index is 1550. The van der Waals surface area contributed by atoms with E-state index in [4.69, 9.17) is 18.9 Å². The van der Waals surface area contributed by atoms with Gasteiger partial charge < -0.3 is 24.3 Å². The van der Waals surface area contributed by atoms with E-state index in [9.17, 15) is 9.59 Å². The predicted molar refractivity (Wildman–Crippen MR) is 154 cm³/mol. The van der Waals surface area contributed by atoms with E-state index in [0.29, 0.717) is 46.4 Å². The molecule has 0 aromatic heterocycles. The number of nitrogens with zero attached hydrogens (tertiary/aromatic N) is 1. The van der Waals surface area contributed by atoms with Crippen LogP contribution in [0.15, 0.2) is 97.1 Å². The number of methoxy groups -OCH3 is 2. The Morgan fingerprint density at radius 2 is 1.49 bits per heavy atom. The van der Waals surface area contributed by atoms with Crippen LogP contribution < -0.4 is 29.2 Å². The highest BCUT2D eigenvalue weighted by molar-refractivity contribution is 6.11. The summed E-state index contributed by atoms with van der Waals surface area (Å²) in [6, 6.07) is 28.9. The molecule has 2 amide bonds. The summed E-state index contributed by atoms with van der Waals surface area (Å²) in [4.78, 5) is 29.9. The highest BCUT2D eigenvalue weighted by Crippen LogP contribution is 2.45. The Balaban J connectivity index is 1.38. The number of hydrogen-bond acceptors (Lipinski definition) is 6. The number of carbonyl (C=O) groups is 2. The molecule has 0 saturated heterocycles. The second kappa shape index (κ2) is 11.3. The lowest BCUT2D eigenvalue weighted by Crippen LogP contribution is -2.49. The third-order valence-corrected chi connectivity index (χ3v) is 7.50. The molecule has 0 saturated carbocycles. The molecule has 208 valence electrons. The van der Waals surface area contributed by atoms with Crippen molar-refractivity contribution in [3.63, 3.8) is 0 Å². The first-order valence-corrected chi connectivity index (χ1v) is 13.4. The van der Waals surface area contributed by atoms with Gasteiger partial charge in [-0.1, -0.05) is 42.5 Å². The molecule has 0 fully saturated rings. The summed E-state index contributed by atoms with van der Waals surface area (Å²) in [5.74, 6) is 1.59. The van der Waals surface area contributed by atoms with Gasteiger partial charge in [0, 0.05) is 11.3 Å². The van der Waals surface area contributed by atoms with Crippen LogP contribution in [0.25, 0.3) is 0 Å². The lowest BCUT2D eigenvalue weighted by atomic mass is 9.78. The zero-order valence-corrected chi connectivity index (χ0v) is 22.8. The SMILES string of the molecule is COc1ccc(C2C(C(=O)NCC3COc4ccccc4O3)c3ccccc3C(=O)N2c2ccc(OC)cc2)cc1. The van der Waals surface area contributed by atoms with Gasteiger partial charge in [-0.3, -0.25) is 14.5 Å². The summed E-state index contributed by atoms with van der Waals surface area (Å²) >= 11 is 0. The fraction of sp³-hybridized carbons (Fsp3) is 0.212. The van der Waals surface area contributed by atoms with E-state index in [0.717, 1.165) is 5.56 Å². The van der Waals surface area contributed by atoms with Gasteiger partial charge in [-0.25, -0.2) is 0 Å².